The molecule has 0 spiro atoms. The molecule has 2 N–H and O–H groups in total. The highest BCUT2D eigenvalue weighted by molar-refractivity contribution is 5.75. The van der Waals surface area contributed by atoms with Crippen LogP contribution in [0.1, 0.15) is 52.4 Å². The van der Waals surface area contributed by atoms with Crippen LogP contribution >= 0.6 is 0 Å². The summed E-state index contributed by atoms with van der Waals surface area (Å²) in [6, 6.07) is 0.451. The molecule has 140 valence electrons. The van der Waals surface area contributed by atoms with Crippen LogP contribution in [0.5, 0.6) is 0 Å². The SMILES string of the molecule is CCC(CC)C(CNC(=O)CCC1CCNCC1)N1CCOCC1. The number of ether oxygens (including phenoxy) is 1. The second kappa shape index (κ2) is 11.1. The molecule has 1 atom stereocenters. The summed E-state index contributed by atoms with van der Waals surface area (Å²) in [5, 5.41) is 6.62. The van der Waals surface area contributed by atoms with Gasteiger partial charge in [0.25, 0.3) is 0 Å². The van der Waals surface area contributed by atoms with Gasteiger partial charge in [0, 0.05) is 32.1 Å². The zero-order chi connectivity index (χ0) is 17.2. The third kappa shape index (κ3) is 6.34. The van der Waals surface area contributed by atoms with Crippen LogP contribution in [0.25, 0.3) is 0 Å². The number of hydrogen-bond donors (Lipinski definition) is 2. The zero-order valence-electron chi connectivity index (χ0n) is 15.7. The summed E-state index contributed by atoms with van der Waals surface area (Å²) in [6.45, 7) is 11.2. The highest BCUT2D eigenvalue weighted by atomic mass is 16.5. The fourth-order valence-corrected chi connectivity index (χ4v) is 4.15. The molecule has 0 aromatic carbocycles. The molecule has 1 amide bonds. The Morgan fingerprint density at radius 3 is 2.50 bits per heavy atom. The number of amides is 1. The number of carbonyl (C=O) groups excluding carboxylic acids is 1. The van der Waals surface area contributed by atoms with Gasteiger partial charge in [-0.1, -0.05) is 26.7 Å². The van der Waals surface area contributed by atoms with E-state index in [1.165, 1.54) is 25.7 Å². The second-order valence-corrected chi connectivity index (χ2v) is 7.33. The van der Waals surface area contributed by atoms with Gasteiger partial charge in [-0.15, -0.1) is 0 Å². The van der Waals surface area contributed by atoms with E-state index in [9.17, 15) is 4.79 Å². The summed E-state index contributed by atoms with van der Waals surface area (Å²) >= 11 is 0. The van der Waals surface area contributed by atoms with Crippen LogP contribution in [0, 0.1) is 11.8 Å². The first-order chi connectivity index (χ1) is 11.7. The predicted octanol–water partition coefficient (Wildman–Crippen LogP) is 2.02. The molecule has 0 aromatic heterocycles. The first kappa shape index (κ1) is 19.7. The van der Waals surface area contributed by atoms with Crippen molar-refractivity contribution < 1.29 is 9.53 Å². The number of morpholine rings is 1. The lowest BCUT2D eigenvalue weighted by atomic mass is 9.91. The van der Waals surface area contributed by atoms with E-state index in [1.54, 1.807) is 0 Å². The topological polar surface area (TPSA) is 53.6 Å². The molecule has 0 bridgehead atoms. The summed E-state index contributed by atoms with van der Waals surface area (Å²) in [5.74, 6) is 1.61. The molecule has 2 aliphatic heterocycles. The Morgan fingerprint density at radius 2 is 1.88 bits per heavy atom. The molecular weight excluding hydrogens is 302 g/mol. The molecule has 2 heterocycles. The predicted molar refractivity (Wildman–Crippen MR) is 98.1 cm³/mol. The van der Waals surface area contributed by atoms with Gasteiger partial charge in [0.15, 0.2) is 0 Å². The van der Waals surface area contributed by atoms with Gasteiger partial charge in [0.2, 0.25) is 5.91 Å². The van der Waals surface area contributed by atoms with Gasteiger partial charge < -0.3 is 15.4 Å². The Bertz CT molecular complexity index is 349. The molecule has 0 aliphatic carbocycles. The van der Waals surface area contributed by atoms with E-state index in [0.717, 1.165) is 58.3 Å². The molecule has 0 aromatic rings. The molecule has 2 aliphatic rings. The van der Waals surface area contributed by atoms with Gasteiger partial charge in [-0.05, 0) is 44.2 Å². The van der Waals surface area contributed by atoms with Crippen molar-refractivity contribution in [3.8, 4) is 0 Å². The van der Waals surface area contributed by atoms with Crippen LogP contribution in [0.2, 0.25) is 0 Å². The number of rotatable bonds is 9. The van der Waals surface area contributed by atoms with Crippen molar-refractivity contribution in [2.24, 2.45) is 11.8 Å². The molecule has 0 saturated carbocycles. The number of nitrogens with one attached hydrogen (secondary N) is 2. The summed E-state index contributed by atoms with van der Waals surface area (Å²) < 4.78 is 5.49. The molecule has 1 unspecified atom stereocenters. The lowest BCUT2D eigenvalue weighted by molar-refractivity contribution is -0.122. The van der Waals surface area contributed by atoms with Crippen molar-refractivity contribution in [2.75, 3.05) is 45.9 Å². The first-order valence-electron chi connectivity index (χ1n) is 10.0. The Morgan fingerprint density at radius 1 is 1.21 bits per heavy atom. The molecule has 2 rings (SSSR count). The Balaban J connectivity index is 1.76. The quantitative estimate of drug-likeness (QED) is 0.675. The van der Waals surface area contributed by atoms with Crippen molar-refractivity contribution in [2.45, 2.75) is 58.4 Å². The molecule has 5 nitrogen and oxygen atoms in total. The van der Waals surface area contributed by atoms with E-state index in [1.807, 2.05) is 0 Å². The maximum atomic E-state index is 12.3. The second-order valence-electron chi connectivity index (χ2n) is 7.33. The minimum Gasteiger partial charge on any atom is -0.379 e. The average molecular weight is 340 g/mol. The van der Waals surface area contributed by atoms with E-state index < -0.39 is 0 Å². The Kier molecular flexibility index (Phi) is 9.07. The number of hydrogen-bond acceptors (Lipinski definition) is 4. The third-order valence-electron chi connectivity index (χ3n) is 5.85. The van der Waals surface area contributed by atoms with Gasteiger partial charge >= 0.3 is 0 Å². The molecule has 2 fully saturated rings. The Hall–Kier alpha value is -0.650. The van der Waals surface area contributed by atoms with E-state index in [-0.39, 0.29) is 5.91 Å². The summed E-state index contributed by atoms with van der Waals surface area (Å²) in [4.78, 5) is 14.8. The maximum absolute atomic E-state index is 12.3. The minimum absolute atomic E-state index is 0.234. The number of piperidine rings is 1. The summed E-state index contributed by atoms with van der Waals surface area (Å²) in [6.07, 6.45) is 6.51. The van der Waals surface area contributed by atoms with Gasteiger partial charge in [-0.25, -0.2) is 0 Å². The van der Waals surface area contributed by atoms with Gasteiger partial charge in [-0.3, -0.25) is 9.69 Å². The maximum Gasteiger partial charge on any atom is 0.220 e. The largest absolute Gasteiger partial charge is 0.379 e. The number of nitrogens with zero attached hydrogens (tertiary/aromatic N) is 1. The van der Waals surface area contributed by atoms with Gasteiger partial charge in [0.1, 0.15) is 0 Å². The van der Waals surface area contributed by atoms with E-state index in [2.05, 4.69) is 29.4 Å². The fraction of sp³-hybridized carbons (Fsp3) is 0.947. The first-order valence-corrected chi connectivity index (χ1v) is 10.0. The monoisotopic (exact) mass is 339 g/mol. The molecule has 0 radical (unpaired) electrons. The van der Waals surface area contributed by atoms with Crippen LogP contribution in [-0.4, -0.2) is 62.8 Å². The minimum atomic E-state index is 0.234. The molecule has 2 saturated heterocycles. The van der Waals surface area contributed by atoms with Crippen LogP contribution in [0.4, 0.5) is 0 Å². The van der Waals surface area contributed by atoms with Crippen LogP contribution in [-0.2, 0) is 9.53 Å². The molecule has 24 heavy (non-hydrogen) atoms. The van der Waals surface area contributed by atoms with Crippen molar-refractivity contribution in [1.82, 2.24) is 15.5 Å². The van der Waals surface area contributed by atoms with Crippen LogP contribution in [0.15, 0.2) is 0 Å². The van der Waals surface area contributed by atoms with Crippen molar-refractivity contribution in [3.63, 3.8) is 0 Å². The summed E-state index contributed by atoms with van der Waals surface area (Å²) in [7, 11) is 0. The van der Waals surface area contributed by atoms with Gasteiger partial charge in [0.05, 0.1) is 13.2 Å². The standard InChI is InChI=1S/C19H37N3O2/c1-3-17(4-2)18(22-11-13-24-14-12-22)15-21-19(23)6-5-16-7-9-20-10-8-16/h16-18,20H,3-15H2,1-2H3,(H,21,23). The Labute approximate surface area is 147 Å². The van der Waals surface area contributed by atoms with Crippen LogP contribution < -0.4 is 10.6 Å². The number of carbonyl (C=O) groups is 1. The normalized spacial score (nSPS) is 21.8. The third-order valence-corrected chi connectivity index (χ3v) is 5.85. The molecular formula is C19H37N3O2. The van der Waals surface area contributed by atoms with E-state index >= 15 is 0 Å². The van der Waals surface area contributed by atoms with Gasteiger partial charge in [-0.2, -0.15) is 0 Å². The van der Waals surface area contributed by atoms with E-state index in [0.29, 0.717) is 18.4 Å². The fourth-order valence-electron chi connectivity index (χ4n) is 4.15. The lowest BCUT2D eigenvalue weighted by Crippen LogP contribution is -2.52. The average Bonchev–Trinajstić information content (AvgIpc) is 2.65. The van der Waals surface area contributed by atoms with Crippen molar-refractivity contribution in [3.05, 3.63) is 0 Å². The lowest BCUT2D eigenvalue weighted by Gasteiger charge is -2.38. The highest BCUT2D eigenvalue weighted by Crippen LogP contribution is 2.20. The van der Waals surface area contributed by atoms with Crippen molar-refractivity contribution >= 4 is 5.91 Å². The van der Waals surface area contributed by atoms with E-state index in [4.69, 9.17) is 4.74 Å². The zero-order valence-corrected chi connectivity index (χ0v) is 15.7. The smallest absolute Gasteiger partial charge is 0.220 e. The highest BCUT2D eigenvalue weighted by Gasteiger charge is 2.27. The van der Waals surface area contributed by atoms with Crippen LogP contribution in [0.3, 0.4) is 0 Å². The van der Waals surface area contributed by atoms with Crippen molar-refractivity contribution in [1.29, 1.82) is 0 Å². The summed E-state index contributed by atoms with van der Waals surface area (Å²) in [5.41, 5.74) is 0. The molecule has 5 heteroatoms.